The molecule has 196 valence electrons. The zero-order chi connectivity index (χ0) is 27.1. The third-order valence-electron chi connectivity index (χ3n) is 5.51. The second kappa shape index (κ2) is 12.3. The number of thiazole rings is 1. The second-order valence-corrected chi connectivity index (χ2v) is 9.72. The molecule has 5 N–H and O–H groups in total. The van der Waals surface area contributed by atoms with E-state index in [9.17, 15) is 24.6 Å². The summed E-state index contributed by atoms with van der Waals surface area (Å²) in [4.78, 5) is 50.4. The molecule has 3 aromatic rings. The van der Waals surface area contributed by atoms with Crippen molar-refractivity contribution in [1.82, 2.24) is 25.6 Å². The number of aryl methyl sites for hydroxylation is 5. The van der Waals surface area contributed by atoms with E-state index in [0.29, 0.717) is 34.5 Å². The quantitative estimate of drug-likeness (QED) is 0.236. The van der Waals surface area contributed by atoms with Gasteiger partial charge in [0.25, 0.3) is 11.8 Å². The number of carbonyl (C=O) groups is 3. The van der Waals surface area contributed by atoms with E-state index in [1.165, 1.54) is 11.3 Å². The number of nitrogens with one attached hydrogen (secondary N) is 3. The van der Waals surface area contributed by atoms with Gasteiger partial charge in [-0.1, -0.05) is 12.1 Å². The molecule has 0 fully saturated rings. The van der Waals surface area contributed by atoms with Crippen LogP contribution in [0.2, 0.25) is 0 Å². The fourth-order valence-electron chi connectivity index (χ4n) is 3.78. The van der Waals surface area contributed by atoms with Gasteiger partial charge >= 0.3 is 5.97 Å². The van der Waals surface area contributed by atoms with E-state index in [2.05, 4.69) is 30.9 Å². The van der Waals surface area contributed by atoms with Crippen molar-refractivity contribution in [2.75, 3.05) is 18.4 Å². The summed E-state index contributed by atoms with van der Waals surface area (Å²) in [7, 11) is 0. The van der Waals surface area contributed by atoms with Gasteiger partial charge in [-0.2, -0.15) is 0 Å². The molecule has 0 saturated heterocycles. The summed E-state index contributed by atoms with van der Waals surface area (Å²) in [5, 5.41) is 28.0. The summed E-state index contributed by atoms with van der Waals surface area (Å²) in [6.45, 7) is 7.06. The number of rotatable bonds is 11. The average Bonchev–Trinajstić information content (AvgIpc) is 3.16. The minimum absolute atomic E-state index is 0.178. The predicted molar refractivity (Wildman–Crippen MR) is 139 cm³/mol. The van der Waals surface area contributed by atoms with Crippen LogP contribution in [0.1, 0.15) is 54.1 Å². The van der Waals surface area contributed by atoms with Crippen molar-refractivity contribution in [2.45, 2.75) is 46.6 Å². The Kier molecular flexibility index (Phi) is 9.12. The van der Waals surface area contributed by atoms with Gasteiger partial charge in [0, 0.05) is 13.1 Å². The number of phenolic OH excluding ortho intramolecular Hbond substituents is 1. The maximum Gasteiger partial charge on any atom is 0.328 e. The first-order valence-electron chi connectivity index (χ1n) is 11.7. The van der Waals surface area contributed by atoms with E-state index < -0.39 is 23.8 Å². The first-order valence-corrected chi connectivity index (χ1v) is 12.5. The third kappa shape index (κ3) is 7.46. The van der Waals surface area contributed by atoms with Crippen molar-refractivity contribution in [1.29, 1.82) is 0 Å². The van der Waals surface area contributed by atoms with Gasteiger partial charge in [0.2, 0.25) is 5.95 Å². The molecule has 0 bridgehead atoms. The van der Waals surface area contributed by atoms with Crippen LogP contribution in [0, 0.1) is 27.7 Å². The molecule has 37 heavy (non-hydrogen) atoms. The van der Waals surface area contributed by atoms with Crippen LogP contribution in [0.5, 0.6) is 5.75 Å². The van der Waals surface area contributed by atoms with Crippen LogP contribution in [0.4, 0.5) is 5.95 Å². The molecule has 3 rings (SSSR count). The van der Waals surface area contributed by atoms with Gasteiger partial charge in [-0.3, -0.25) is 9.59 Å². The molecule has 1 atom stereocenters. The van der Waals surface area contributed by atoms with E-state index in [4.69, 9.17) is 0 Å². The van der Waals surface area contributed by atoms with Crippen molar-refractivity contribution >= 4 is 35.1 Å². The number of carboxylic acid groups (broad SMARTS) is 1. The Bertz CT molecular complexity index is 1290. The number of carbonyl (C=O) groups excluding carboxylic acids is 2. The van der Waals surface area contributed by atoms with E-state index >= 15 is 0 Å². The summed E-state index contributed by atoms with van der Waals surface area (Å²) in [5.41, 5.74) is 2.54. The molecule has 0 spiro atoms. The van der Waals surface area contributed by atoms with Crippen LogP contribution in [0.15, 0.2) is 24.3 Å². The molecule has 11 nitrogen and oxygen atoms in total. The Balaban J connectivity index is 1.58. The Labute approximate surface area is 218 Å². The number of hydrogen-bond acceptors (Lipinski definition) is 9. The highest BCUT2D eigenvalue weighted by Gasteiger charge is 2.25. The molecule has 12 heteroatoms. The minimum atomic E-state index is -1.35. The van der Waals surface area contributed by atoms with Gasteiger partial charge in [-0.15, -0.1) is 11.3 Å². The molecule has 0 aliphatic carbocycles. The Morgan fingerprint density at radius 1 is 1.00 bits per heavy atom. The number of aliphatic carboxylic acids is 1. The Hall–Kier alpha value is -4.06. The third-order valence-corrected chi connectivity index (χ3v) is 6.59. The molecule has 0 unspecified atom stereocenters. The molecule has 1 aromatic carbocycles. The predicted octanol–water partition coefficient (Wildman–Crippen LogP) is 2.53. The van der Waals surface area contributed by atoms with Crippen LogP contribution < -0.4 is 16.0 Å². The molecule has 2 amide bonds. The van der Waals surface area contributed by atoms with Crippen molar-refractivity contribution in [3.63, 3.8) is 0 Å². The topological polar surface area (TPSA) is 166 Å². The first-order chi connectivity index (χ1) is 17.5. The number of anilines is 1. The summed E-state index contributed by atoms with van der Waals surface area (Å²) < 4.78 is 0. The summed E-state index contributed by atoms with van der Waals surface area (Å²) >= 11 is 1.21. The molecular formula is C25H30N6O5S. The largest absolute Gasteiger partial charge is 0.508 e. The highest BCUT2D eigenvalue weighted by atomic mass is 32.1. The standard InChI is InChI=1S/C25H30N6O5S/c1-13-20(14(2)30-25(29-13)26-10-6-8-17-7-5-9-18(32)11-17)22(33)31-19(24(35)36)12-27-23(34)21-15(3)28-16(4)37-21/h5,7,9,11,19,32H,6,8,10,12H2,1-4H3,(H,27,34)(H,31,33)(H,35,36)(H,26,29,30)/t19-/m0/s1. The Morgan fingerprint density at radius 2 is 1.70 bits per heavy atom. The lowest BCUT2D eigenvalue weighted by Crippen LogP contribution is -2.48. The Morgan fingerprint density at radius 3 is 2.30 bits per heavy atom. The van der Waals surface area contributed by atoms with Crippen molar-refractivity contribution in [3.8, 4) is 5.75 Å². The summed E-state index contributed by atoms with van der Waals surface area (Å²) in [5.74, 6) is -1.78. The van der Waals surface area contributed by atoms with E-state index in [1.54, 1.807) is 45.9 Å². The average molecular weight is 527 g/mol. The number of amides is 2. The van der Waals surface area contributed by atoms with Crippen molar-refractivity contribution < 1.29 is 24.6 Å². The highest BCUT2D eigenvalue weighted by molar-refractivity contribution is 7.13. The normalized spacial score (nSPS) is 11.6. The maximum absolute atomic E-state index is 12.9. The van der Waals surface area contributed by atoms with Gasteiger partial charge in [0.15, 0.2) is 0 Å². The molecule has 0 saturated carbocycles. The zero-order valence-corrected chi connectivity index (χ0v) is 21.9. The number of nitrogens with zero attached hydrogens (tertiary/aromatic N) is 3. The van der Waals surface area contributed by atoms with Gasteiger partial charge in [-0.05, 0) is 58.2 Å². The van der Waals surface area contributed by atoms with E-state index in [-0.39, 0.29) is 17.9 Å². The molecule has 2 heterocycles. The maximum atomic E-state index is 12.9. The molecule has 2 aromatic heterocycles. The minimum Gasteiger partial charge on any atom is -0.508 e. The van der Waals surface area contributed by atoms with Crippen LogP contribution >= 0.6 is 11.3 Å². The molecule has 0 aliphatic rings. The number of benzene rings is 1. The molecule has 0 radical (unpaired) electrons. The van der Waals surface area contributed by atoms with Gasteiger partial charge < -0.3 is 26.2 Å². The lowest BCUT2D eigenvalue weighted by atomic mass is 10.1. The van der Waals surface area contributed by atoms with Crippen molar-refractivity contribution in [3.05, 3.63) is 62.4 Å². The van der Waals surface area contributed by atoms with Gasteiger partial charge in [0.05, 0.1) is 27.7 Å². The van der Waals surface area contributed by atoms with Gasteiger partial charge in [-0.25, -0.2) is 19.7 Å². The fourth-order valence-corrected chi connectivity index (χ4v) is 4.61. The second-order valence-electron chi connectivity index (χ2n) is 8.51. The smallest absolute Gasteiger partial charge is 0.328 e. The van der Waals surface area contributed by atoms with E-state index in [1.807, 2.05) is 6.07 Å². The number of aromatic nitrogens is 3. The number of aromatic hydroxyl groups is 1. The van der Waals surface area contributed by atoms with Crippen LogP contribution in [0.25, 0.3) is 0 Å². The first kappa shape index (κ1) is 27.5. The lowest BCUT2D eigenvalue weighted by molar-refractivity contribution is -0.139. The SMILES string of the molecule is Cc1nc(C)c(C(=O)NC[C@H](NC(=O)c2c(C)nc(NCCCc3cccc(O)c3)nc2C)C(=O)O)s1. The molecule has 0 aliphatic heterocycles. The number of hydrogen-bond donors (Lipinski definition) is 5. The fraction of sp³-hybridized carbons (Fsp3) is 0.360. The number of carboxylic acids is 1. The van der Waals surface area contributed by atoms with Crippen LogP contribution in [0.3, 0.4) is 0 Å². The zero-order valence-electron chi connectivity index (χ0n) is 21.1. The molecular weight excluding hydrogens is 496 g/mol. The monoisotopic (exact) mass is 526 g/mol. The van der Waals surface area contributed by atoms with Crippen LogP contribution in [-0.4, -0.2) is 62.1 Å². The van der Waals surface area contributed by atoms with Crippen LogP contribution in [-0.2, 0) is 11.2 Å². The number of phenols is 1. The lowest BCUT2D eigenvalue weighted by Gasteiger charge is -2.17. The summed E-state index contributed by atoms with van der Waals surface area (Å²) in [6, 6.07) is 5.73. The van der Waals surface area contributed by atoms with E-state index in [0.717, 1.165) is 23.4 Å². The van der Waals surface area contributed by atoms with Gasteiger partial charge in [0.1, 0.15) is 16.7 Å². The summed E-state index contributed by atoms with van der Waals surface area (Å²) in [6.07, 6.45) is 1.54. The highest BCUT2D eigenvalue weighted by Crippen LogP contribution is 2.17. The van der Waals surface area contributed by atoms with Crippen molar-refractivity contribution in [2.24, 2.45) is 0 Å².